The summed E-state index contributed by atoms with van der Waals surface area (Å²) in [7, 11) is 0. The van der Waals surface area contributed by atoms with Crippen molar-refractivity contribution in [2.75, 3.05) is 0 Å². The molecule has 2 rings (SSSR count). The second-order valence-corrected chi connectivity index (χ2v) is 3.18. The Morgan fingerprint density at radius 2 is 1.93 bits per heavy atom. The minimum atomic E-state index is 0.276. The summed E-state index contributed by atoms with van der Waals surface area (Å²) in [4.78, 5) is 4.17. The summed E-state index contributed by atoms with van der Waals surface area (Å²) in [5.41, 5.74) is 1.86. The van der Waals surface area contributed by atoms with Crippen molar-refractivity contribution in [3.63, 3.8) is 0 Å². The molecule has 0 aliphatic carbocycles. The highest BCUT2D eigenvalue weighted by Gasteiger charge is 1.89. The topological polar surface area (TPSA) is 33.1 Å². The number of hydrogen-bond acceptors (Lipinski definition) is 2. The van der Waals surface area contributed by atoms with Gasteiger partial charge in [-0.1, -0.05) is 24.3 Å². The smallest absolute Gasteiger partial charge is 0.116 e. The fraction of sp³-hybridized carbons (Fsp3) is 0. The molecule has 0 atom stereocenters. The van der Waals surface area contributed by atoms with Gasteiger partial charge in [0, 0.05) is 6.20 Å². The predicted molar refractivity (Wildman–Crippen MR) is 61.3 cm³/mol. The zero-order chi connectivity index (χ0) is 10.5. The van der Waals surface area contributed by atoms with Crippen molar-refractivity contribution in [1.82, 2.24) is 4.98 Å². The Bertz CT molecular complexity index is 463. The van der Waals surface area contributed by atoms with Gasteiger partial charge >= 0.3 is 0 Å². The number of pyridine rings is 1. The summed E-state index contributed by atoms with van der Waals surface area (Å²) in [6.45, 7) is 0. The molecule has 2 aromatic rings. The highest BCUT2D eigenvalue weighted by molar-refractivity contribution is 5.68. The standard InChI is InChI=1S/C13H11NO/c15-13-6-3-4-11(10-13)7-8-12-5-1-2-9-14-12/h1-10,15H/b8-7+. The lowest BCUT2D eigenvalue weighted by Crippen LogP contribution is -1.76. The first-order valence-corrected chi connectivity index (χ1v) is 4.73. The van der Waals surface area contributed by atoms with Gasteiger partial charge in [0.2, 0.25) is 0 Å². The van der Waals surface area contributed by atoms with E-state index in [0.29, 0.717) is 0 Å². The van der Waals surface area contributed by atoms with Gasteiger partial charge in [-0.25, -0.2) is 0 Å². The molecule has 0 aliphatic heterocycles. The highest BCUT2D eigenvalue weighted by Crippen LogP contribution is 2.13. The number of phenolic OH excluding ortho intramolecular Hbond substituents is 1. The third-order valence-electron chi connectivity index (χ3n) is 2.00. The number of nitrogens with zero attached hydrogens (tertiary/aromatic N) is 1. The van der Waals surface area contributed by atoms with E-state index in [9.17, 15) is 5.11 Å². The molecule has 0 fully saturated rings. The molecule has 0 spiro atoms. The lowest BCUT2D eigenvalue weighted by Gasteiger charge is -1.94. The van der Waals surface area contributed by atoms with Crippen molar-refractivity contribution in [3.8, 4) is 5.75 Å². The summed E-state index contributed by atoms with van der Waals surface area (Å²) >= 11 is 0. The first-order chi connectivity index (χ1) is 7.34. The molecule has 0 aliphatic rings. The van der Waals surface area contributed by atoms with E-state index in [-0.39, 0.29) is 5.75 Å². The second kappa shape index (κ2) is 4.42. The molecule has 0 saturated heterocycles. The molecule has 2 nitrogen and oxygen atoms in total. The molecular weight excluding hydrogens is 186 g/mol. The normalized spacial score (nSPS) is 10.7. The van der Waals surface area contributed by atoms with Gasteiger partial charge in [0.05, 0.1) is 5.69 Å². The third-order valence-corrected chi connectivity index (χ3v) is 2.00. The summed E-state index contributed by atoms with van der Waals surface area (Å²) in [6, 6.07) is 12.9. The SMILES string of the molecule is Oc1cccc(/C=C/c2ccccn2)c1. The molecule has 0 amide bonds. The number of aromatic nitrogens is 1. The monoisotopic (exact) mass is 197 g/mol. The molecule has 1 N–H and O–H groups in total. The Labute approximate surface area is 88.5 Å². The van der Waals surface area contributed by atoms with Crippen LogP contribution in [0.1, 0.15) is 11.3 Å². The molecule has 74 valence electrons. The average Bonchev–Trinajstić information content (AvgIpc) is 2.28. The van der Waals surface area contributed by atoms with Crippen LogP contribution in [0.25, 0.3) is 12.2 Å². The number of hydrogen-bond donors (Lipinski definition) is 1. The van der Waals surface area contributed by atoms with Crippen LogP contribution in [-0.2, 0) is 0 Å². The van der Waals surface area contributed by atoms with E-state index in [1.165, 1.54) is 0 Å². The molecule has 0 unspecified atom stereocenters. The quantitative estimate of drug-likeness (QED) is 0.802. The van der Waals surface area contributed by atoms with Crippen LogP contribution in [0.3, 0.4) is 0 Å². The number of benzene rings is 1. The van der Waals surface area contributed by atoms with Gasteiger partial charge in [0.25, 0.3) is 0 Å². The van der Waals surface area contributed by atoms with Crippen molar-refractivity contribution in [2.24, 2.45) is 0 Å². The highest BCUT2D eigenvalue weighted by atomic mass is 16.3. The molecule has 1 aromatic carbocycles. The van der Waals surface area contributed by atoms with Crippen molar-refractivity contribution >= 4 is 12.2 Å². The lowest BCUT2D eigenvalue weighted by molar-refractivity contribution is 0.475. The molecule has 0 bridgehead atoms. The molecule has 2 heteroatoms. The first-order valence-electron chi connectivity index (χ1n) is 4.73. The van der Waals surface area contributed by atoms with Gasteiger partial charge in [0.15, 0.2) is 0 Å². The Kier molecular flexibility index (Phi) is 2.79. The van der Waals surface area contributed by atoms with E-state index >= 15 is 0 Å². The fourth-order valence-corrected chi connectivity index (χ4v) is 1.28. The Hall–Kier alpha value is -2.09. The van der Waals surface area contributed by atoms with E-state index in [1.54, 1.807) is 18.3 Å². The lowest BCUT2D eigenvalue weighted by atomic mass is 10.2. The zero-order valence-electron chi connectivity index (χ0n) is 8.17. The van der Waals surface area contributed by atoms with E-state index in [0.717, 1.165) is 11.3 Å². The van der Waals surface area contributed by atoms with E-state index in [1.807, 2.05) is 42.5 Å². The molecule has 1 aromatic heterocycles. The van der Waals surface area contributed by atoms with Crippen molar-refractivity contribution in [1.29, 1.82) is 0 Å². The van der Waals surface area contributed by atoms with Crippen LogP contribution in [0.2, 0.25) is 0 Å². The van der Waals surface area contributed by atoms with Crippen LogP contribution in [-0.4, -0.2) is 10.1 Å². The predicted octanol–water partition coefficient (Wildman–Crippen LogP) is 2.96. The summed E-state index contributed by atoms with van der Waals surface area (Å²) in [5.74, 6) is 0.276. The minimum Gasteiger partial charge on any atom is -0.508 e. The van der Waals surface area contributed by atoms with Crippen LogP contribution in [0.5, 0.6) is 5.75 Å². The third kappa shape index (κ3) is 2.68. The molecule has 0 radical (unpaired) electrons. The van der Waals surface area contributed by atoms with Crippen LogP contribution >= 0.6 is 0 Å². The molecule has 0 saturated carbocycles. The Morgan fingerprint density at radius 3 is 2.67 bits per heavy atom. The van der Waals surface area contributed by atoms with E-state index in [4.69, 9.17) is 0 Å². The van der Waals surface area contributed by atoms with Crippen LogP contribution in [0.15, 0.2) is 48.7 Å². The second-order valence-electron chi connectivity index (χ2n) is 3.18. The fourth-order valence-electron chi connectivity index (χ4n) is 1.28. The van der Waals surface area contributed by atoms with Crippen molar-refractivity contribution in [2.45, 2.75) is 0 Å². The van der Waals surface area contributed by atoms with Crippen molar-refractivity contribution < 1.29 is 5.11 Å². The first kappa shape index (κ1) is 9.46. The van der Waals surface area contributed by atoms with Gasteiger partial charge < -0.3 is 5.11 Å². The van der Waals surface area contributed by atoms with Gasteiger partial charge in [-0.3, -0.25) is 4.98 Å². The van der Waals surface area contributed by atoms with Gasteiger partial charge in [0.1, 0.15) is 5.75 Å². The molecule has 1 heterocycles. The van der Waals surface area contributed by atoms with Crippen LogP contribution in [0.4, 0.5) is 0 Å². The van der Waals surface area contributed by atoms with Crippen molar-refractivity contribution in [3.05, 3.63) is 59.9 Å². The zero-order valence-corrected chi connectivity index (χ0v) is 8.17. The minimum absolute atomic E-state index is 0.276. The number of rotatable bonds is 2. The average molecular weight is 197 g/mol. The van der Waals surface area contributed by atoms with Gasteiger partial charge in [-0.05, 0) is 35.9 Å². The summed E-state index contributed by atoms with van der Waals surface area (Å²) in [6.07, 6.45) is 5.58. The van der Waals surface area contributed by atoms with Gasteiger partial charge in [-0.2, -0.15) is 0 Å². The van der Waals surface area contributed by atoms with E-state index < -0.39 is 0 Å². The number of aromatic hydroxyl groups is 1. The number of phenols is 1. The maximum Gasteiger partial charge on any atom is 0.116 e. The maximum atomic E-state index is 9.26. The molecule has 15 heavy (non-hydrogen) atoms. The Balaban J connectivity index is 2.19. The van der Waals surface area contributed by atoms with Crippen LogP contribution < -0.4 is 0 Å². The maximum absolute atomic E-state index is 9.26. The van der Waals surface area contributed by atoms with Gasteiger partial charge in [-0.15, -0.1) is 0 Å². The largest absolute Gasteiger partial charge is 0.508 e. The van der Waals surface area contributed by atoms with E-state index in [2.05, 4.69) is 4.98 Å². The summed E-state index contributed by atoms with van der Waals surface area (Å²) < 4.78 is 0. The molecular formula is C13H11NO. The summed E-state index contributed by atoms with van der Waals surface area (Å²) in [5, 5.41) is 9.26. The van der Waals surface area contributed by atoms with Crippen LogP contribution in [0, 0.1) is 0 Å². The Morgan fingerprint density at radius 1 is 1.00 bits per heavy atom.